The van der Waals surface area contributed by atoms with Crippen LogP contribution in [0.3, 0.4) is 0 Å². The van der Waals surface area contributed by atoms with Crippen molar-refractivity contribution in [1.82, 2.24) is 4.98 Å². The van der Waals surface area contributed by atoms with Crippen LogP contribution in [0.25, 0.3) is 0 Å². The Balaban J connectivity index is 1.63. The van der Waals surface area contributed by atoms with Crippen molar-refractivity contribution in [3.05, 3.63) is 71.1 Å². The van der Waals surface area contributed by atoms with Crippen LogP contribution in [0, 0.1) is 0 Å². The van der Waals surface area contributed by atoms with E-state index in [1.807, 2.05) is 31.5 Å². The van der Waals surface area contributed by atoms with Crippen LogP contribution in [0.2, 0.25) is 0 Å². The van der Waals surface area contributed by atoms with E-state index in [1.54, 1.807) is 24.3 Å². The van der Waals surface area contributed by atoms with Crippen molar-refractivity contribution in [2.45, 2.75) is 37.4 Å². The molecule has 6 heteroatoms. The Kier molecular flexibility index (Phi) is 4.31. The lowest BCUT2D eigenvalue weighted by atomic mass is 9.72. The average Bonchev–Trinajstić information content (AvgIpc) is 3.15. The summed E-state index contributed by atoms with van der Waals surface area (Å²) in [6.07, 6.45) is 7.52. The van der Waals surface area contributed by atoms with Crippen LogP contribution in [0.1, 0.15) is 46.0 Å². The summed E-state index contributed by atoms with van der Waals surface area (Å²) in [6, 6.07) is 8.52. The number of epoxide rings is 1. The van der Waals surface area contributed by atoms with Gasteiger partial charge in [-0.3, -0.25) is 9.59 Å². The van der Waals surface area contributed by atoms with E-state index in [0.717, 1.165) is 18.4 Å². The summed E-state index contributed by atoms with van der Waals surface area (Å²) < 4.78 is 10.5. The predicted molar refractivity (Wildman–Crippen MR) is 101 cm³/mol. The van der Waals surface area contributed by atoms with Gasteiger partial charge in [-0.05, 0) is 31.4 Å². The molecule has 0 bridgehead atoms. The zero-order valence-electron chi connectivity index (χ0n) is 15.8. The molecule has 1 fully saturated rings. The van der Waals surface area contributed by atoms with Crippen LogP contribution in [0.5, 0.6) is 0 Å². The number of carbonyl (C=O) groups is 3. The number of fused-ring (bicyclic) bond motifs is 2. The smallest absolute Gasteiger partial charge is 0.350 e. The van der Waals surface area contributed by atoms with Gasteiger partial charge in [-0.2, -0.15) is 0 Å². The van der Waals surface area contributed by atoms with Crippen LogP contribution in [-0.4, -0.2) is 40.8 Å². The normalized spacial score (nSPS) is 25.9. The number of rotatable bonds is 6. The fourth-order valence-corrected chi connectivity index (χ4v) is 3.95. The Labute approximate surface area is 162 Å². The molecule has 2 aliphatic rings. The van der Waals surface area contributed by atoms with Gasteiger partial charge in [0.2, 0.25) is 5.78 Å². The van der Waals surface area contributed by atoms with Gasteiger partial charge in [0.05, 0.1) is 7.11 Å². The summed E-state index contributed by atoms with van der Waals surface area (Å²) in [6.45, 7) is 1.97. The zero-order valence-corrected chi connectivity index (χ0v) is 15.8. The average molecular weight is 379 g/mol. The first kappa shape index (κ1) is 18.4. The molecule has 1 N–H and O–H groups in total. The molecule has 4 rings (SSSR count). The number of aryl methyl sites for hydroxylation is 1. The Morgan fingerprint density at radius 2 is 1.89 bits per heavy atom. The highest BCUT2D eigenvalue weighted by atomic mass is 16.7. The fourth-order valence-electron chi connectivity index (χ4n) is 3.95. The molecular formula is C22H21NO5. The number of nitrogens with one attached hydrogen (secondary N) is 1. The maximum atomic E-state index is 13.2. The Morgan fingerprint density at radius 1 is 1.18 bits per heavy atom. The Morgan fingerprint density at radius 3 is 2.54 bits per heavy atom. The van der Waals surface area contributed by atoms with Crippen LogP contribution < -0.4 is 0 Å². The highest BCUT2D eigenvalue weighted by Gasteiger charge is 2.85. The van der Waals surface area contributed by atoms with Gasteiger partial charge in [0.15, 0.2) is 11.4 Å². The number of hydrogen-bond acceptors (Lipinski definition) is 5. The lowest BCUT2D eigenvalue weighted by Gasteiger charge is -2.22. The topological polar surface area (TPSA) is 88.8 Å². The number of ketones is 2. The summed E-state index contributed by atoms with van der Waals surface area (Å²) in [4.78, 5) is 41.7. The number of carbonyl (C=O) groups excluding carboxylic acids is 3. The molecule has 6 nitrogen and oxygen atoms in total. The minimum atomic E-state index is -1.87. The zero-order chi connectivity index (χ0) is 19.9. The number of esters is 1. The van der Waals surface area contributed by atoms with E-state index in [9.17, 15) is 14.4 Å². The molecule has 28 heavy (non-hydrogen) atoms. The van der Waals surface area contributed by atoms with Gasteiger partial charge < -0.3 is 14.5 Å². The van der Waals surface area contributed by atoms with Crippen LogP contribution >= 0.6 is 0 Å². The molecule has 0 amide bonds. The van der Waals surface area contributed by atoms with Gasteiger partial charge in [0.1, 0.15) is 0 Å². The lowest BCUT2D eigenvalue weighted by molar-refractivity contribution is -0.145. The van der Waals surface area contributed by atoms with Gasteiger partial charge in [0.25, 0.3) is 5.60 Å². The van der Waals surface area contributed by atoms with Gasteiger partial charge in [-0.25, -0.2) is 4.79 Å². The number of H-pyrrole nitrogens is 1. The van der Waals surface area contributed by atoms with E-state index in [2.05, 4.69) is 4.98 Å². The van der Waals surface area contributed by atoms with E-state index < -0.39 is 23.0 Å². The fraction of sp³-hybridized carbons (Fsp3) is 0.318. The molecule has 0 spiro atoms. The molecule has 2 unspecified atom stereocenters. The quantitative estimate of drug-likeness (QED) is 0.361. The number of allylic oxidation sites excluding steroid dienone is 1. The second-order valence-electron chi connectivity index (χ2n) is 7.28. The van der Waals surface area contributed by atoms with Crippen LogP contribution in [-0.2, 0) is 20.7 Å². The third-order valence-corrected chi connectivity index (χ3v) is 5.64. The third-order valence-electron chi connectivity index (χ3n) is 5.64. The van der Waals surface area contributed by atoms with Crippen molar-refractivity contribution in [2.75, 3.05) is 7.11 Å². The lowest BCUT2D eigenvalue weighted by Crippen LogP contribution is -2.50. The van der Waals surface area contributed by atoms with Crippen LogP contribution in [0.15, 0.2) is 54.4 Å². The van der Waals surface area contributed by atoms with Crippen molar-refractivity contribution < 1.29 is 23.9 Å². The van der Waals surface area contributed by atoms with Gasteiger partial charge in [-0.1, -0.05) is 35.9 Å². The highest BCUT2D eigenvalue weighted by molar-refractivity contribution is 6.32. The number of aromatic nitrogens is 1. The first-order chi connectivity index (χ1) is 13.5. The van der Waals surface area contributed by atoms with Crippen molar-refractivity contribution in [1.29, 1.82) is 0 Å². The molecule has 1 aliphatic heterocycles. The Hall–Kier alpha value is -2.99. The summed E-state index contributed by atoms with van der Waals surface area (Å²) >= 11 is 0. The first-order valence-electron chi connectivity index (χ1n) is 9.21. The van der Waals surface area contributed by atoms with Crippen molar-refractivity contribution in [2.24, 2.45) is 0 Å². The molecule has 1 aliphatic carbocycles. The highest BCUT2D eigenvalue weighted by Crippen LogP contribution is 2.58. The number of methoxy groups -OCH3 is 1. The third kappa shape index (κ3) is 2.48. The van der Waals surface area contributed by atoms with E-state index >= 15 is 0 Å². The second kappa shape index (κ2) is 6.56. The SMILES string of the molecule is COC(=O)C12OC1(CC=C(C)CCc1cc[nH]c1)C(=O)c1ccccc1C2=O. The maximum absolute atomic E-state index is 13.2. The molecule has 144 valence electrons. The molecule has 1 aromatic carbocycles. The van der Waals surface area contributed by atoms with E-state index in [4.69, 9.17) is 9.47 Å². The first-order valence-corrected chi connectivity index (χ1v) is 9.21. The molecule has 1 aromatic heterocycles. The minimum Gasteiger partial charge on any atom is -0.466 e. The summed E-state index contributed by atoms with van der Waals surface area (Å²) in [7, 11) is 1.19. The number of Topliss-reactive ketones (excluding diaryl/α,β-unsaturated/α-hetero) is 2. The van der Waals surface area contributed by atoms with E-state index in [1.165, 1.54) is 12.7 Å². The predicted octanol–water partition coefficient (Wildman–Crippen LogP) is 3.04. The van der Waals surface area contributed by atoms with Gasteiger partial charge in [0, 0.05) is 29.9 Å². The van der Waals surface area contributed by atoms with Crippen molar-refractivity contribution in [3.63, 3.8) is 0 Å². The van der Waals surface area contributed by atoms with Crippen molar-refractivity contribution in [3.8, 4) is 0 Å². The number of benzene rings is 1. The second-order valence-corrected chi connectivity index (χ2v) is 7.28. The molecule has 0 radical (unpaired) electrons. The molecule has 2 aromatic rings. The van der Waals surface area contributed by atoms with E-state index in [0.29, 0.717) is 5.56 Å². The van der Waals surface area contributed by atoms with E-state index in [-0.39, 0.29) is 17.8 Å². The number of aromatic amines is 1. The molecule has 2 heterocycles. The summed E-state index contributed by atoms with van der Waals surface area (Å²) in [5.41, 5.74) is -0.632. The summed E-state index contributed by atoms with van der Waals surface area (Å²) in [5, 5.41) is 0. The Bertz CT molecular complexity index is 990. The van der Waals surface area contributed by atoms with Gasteiger partial charge in [-0.15, -0.1) is 0 Å². The van der Waals surface area contributed by atoms with Crippen LogP contribution in [0.4, 0.5) is 0 Å². The summed E-state index contributed by atoms with van der Waals surface area (Å²) in [5.74, 6) is -1.67. The largest absolute Gasteiger partial charge is 0.466 e. The standard InChI is InChI=1S/C22H21NO5/c1-14(7-8-15-10-12-23-13-15)9-11-21-18(24)16-5-3-4-6-17(16)19(25)22(21,28-21)20(26)27-2/h3-6,9-10,12-13,23H,7-8,11H2,1-2H3. The number of ether oxygens (including phenoxy) is 2. The molecule has 0 saturated carbocycles. The van der Waals surface area contributed by atoms with Gasteiger partial charge >= 0.3 is 5.97 Å². The molecule has 2 atom stereocenters. The molecule has 1 saturated heterocycles. The molecular weight excluding hydrogens is 358 g/mol. The monoisotopic (exact) mass is 379 g/mol. The maximum Gasteiger partial charge on any atom is 0.350 e. The number of hydrogen-bond donors (Lipinski definition) is 1. The minimum absolute atomic E-state index is 0.153. The van der Waals surface area contributed by atoms with Crippen molar-refractivity contribution >= 4 is 17.5 Å².